The molecule has 0 aromatic rings. The Labute approximate surface area is 118 Å². The number of carbonyl (C=O) groups excluding carboxylic acids is 1. The monoisotopic (exact) mass is 293 g/mol. The Morgan fingerprint density at radius 3 is 2.40 bits per heavy atom. The van der Waals surface area contributed by atoms with Gasteiger partial charge in [0.15, 0.2) is 0 Å². The van der Waals surface area contributed by atoms with Gasteiger partial charge < -0.3 is 20.7 Å². The quantitative estimate of drug-likeness (QED) is 0.718. The lowest BCUT2D eigenvalue weighted by Crippen LogP contribution is -2.49. The van der Waals surface area contributed by atoms with Gasteiger partial charge in [-0.25, -0.2) is 13.6 Å². The number of alkyl halides is 2. The summed E-state index contributed by atoms with van der Waals surface area (Å²) in [6.45, 7) is 5.59. The van der Waals surface area contributed by atoms with Gasteiger partial charge in [0.05, 0.1) is 13.1 Å². The van der Waals surface area contributed by atoms with Crippen LogP contribution >= 0.6 is 0 Å². The van der Waals surface area contributed by atoms with E-state index >= 15 is 0 Å². The molecule has 0 aromatic heterocycles. The number of hydrogen-bond acceptors (Lipinski definition) is 4. The molecule has 0 unspecified atom stereocenters. The molecule has 1 aliphatic rings. The van der Waals surface area contributed by atoms with Gasteiger partial charge in [0.25, 0.3) is 5.92 Å². The average Bonchev–Trinajstić information content (AvgIpc) is 2.34. The second kappa shape index (κ2) is 7.17. The van der Waals surface area contributed by atoms with E-state index in [4.69, 9.17) is 4.74 Å². The van der Waals surface area contributed by atoms with Crippen molar-refractivity contribution in [3.63, 3.8) is 0 Å². The fourth-order valence-corrected chi connectivity index (χ4v) is 1.90. The minimum absolute atomic E-state index is 0.114. The van der Waals surface area contributed by atoms with Crippen LogP contribution in [0.2, 0.25) is 0 Å². The summed E-state index contributed by atoms with van der Waals surface area (Å²) in [7, 11) is 0. The molecule has 1 saturated heterocycles. The first-order chi connectivity index (χ1) is 9.18. The van der Waals surface area contributed by atoms with Crippen molar-refractivity contribution in [2.24, 2.45) is 0 Å². The van der Waals surface area contributed by atoms with Crippen LogP contribution in [0.15, 0.2) is 0 Å². The molecule has 3 N–H and O–H groups in total. The van der Waals surface area contributed by atoms with Gasteiger partial charge in [-0.1, -0.05) is 0 Å². The summed E-state index contributed by atoms with van der Waals surface area (Å²) in [6, 6.07) is 0.114. The third-order valence-corrected chi connectivity index (χ3v) is 2.88. The number of carbonyl (C=O) groups is 1. The van der Waals surface area contributed by atoms with E-state index in [0.717, 1.165) is 25.9 Å². The summed E-state index contributed by atoms with van der Waals surface area (Å²) >= 11 is 0. The maximum atomic E-state index is 13.6. The Balaban J connectivity index is 2.24. The molecule has 1 aliphatic heterocycles. The van der Waals surface area contributed by atoms with E-state index < -0.39 is 30.7 Å². The maximum Gasteiger partial charge on any atom is 0.407 e. The SMILES string of the molecule is CC(C)(C)OC(=O)NCC(F)(F)CNC1CCNCC1. The zero-order valence-corrected chi connectivity index (χ0v) is 12.4. The first-order valence-corrected chi connectivity index (χ1v) is 6.97. The number of halogens is 2. The molecule has 118 valence electrons. The normalized spacial score (nSPS) is 17.9. The van der Waals surface area contributed by atoms with Crippen LogP contribution < -0.4 is 16.0 Å². The van der Waals surface area contributed by atoms with Crippen LogP contribution in [-0.2, 0) is 4.74 Å². The molecule has 0 spiro atoms. The first kappa shape index (κ1) is 17.1. The summed E-state index contributed by atoms with van der Waals surface area (Å²) in [5.41, 5.74) is -0.688. The molecule has 0 bridgehead atoms. The molecule has 0 atom stereocenters. The maximum absolute atomic E-state index is 13.6. The Morgan fingerprint density at radius 1 is 1.25 bits per heavy atom. The highest BCUT2D eigenvalue weighted by molar-refractivity contribution is 5.67. The van der Waals surface area contributed by atoms with Crippen molar-refractivity contribution in [3.8, 4) is 0 Å². The predicted molar refractivity (Wildman–Crippen MR) is 73.1 cm³/mol. The summed E-state index contributed by atoms with van der Waals surface area (Å²) in [4.78, 5) is 11.3. The Kier molecular flexibility index (Phi) is 6.13. The van der Waals surface area contributed by atoms with E-state index in [9.17, 15) is 13.6 Å². The molecule has 1 fully saturated rings. The van der Waals surface area contributed by atoms with Crippen LogP contribution in [0.25, 0.3) is 0 Å². The molecular weight excluding hydrogens is 268 g/mol. The Hall–Kier alpha value is -0.950. The summed E-state index contributed by atoms with van der Waals surface area (Å²) in [5.74, 6) is -2.98. The average molecular weight is 293 g/mol. The Bertz CT molecular complexity index is 313. The van der Waals surface area contributed by atoms with Crippen LogP contribution in [-0.4, -0.2) is 49.8 Å². The number of rotatable bonds is 5. The minimum atomic E-state index is -2.98. The number of nitrogens with one attached hydrogen (secondary N) is 3. The Morgan fingerprint density at radius 2 is 1.85 bits per heavy atom. The van der Waals surface area contributed by atoms with Gasteiger partial charge >= 0.3 is 6.09 Å². The summed E-state index contributed by atoms with van der Waals surface area (Å²) in [6.07, 6.45) is 0.865. The van der Waals surface area contributed by atoms with Crippen LogP contribution in [0.4, 0.5) is 13.6 Å². The number of ether oxygens (including phenoxy) is 1. The van der Waals surface area contributed by atoms with Crippen LogP contribution in [0, 0.1) is 0 Å². The van der Waals surface area contributed by atoms with Crippen molar-refractivity contribution in [1.82, 2.24) is 16.0 Å². The lowest BCUT2D eigenvalue weighted by atomic mass is 10.1. The lowest BCUT2D eigenvalue weighted by Gasteiger charge is -2.26. The topological polar surface area (TPSA) is 62.4 Å². The second-order valence-electron chi connectivity index (χ2n) is 6.12. The van der Waals surface area contributed by atoms with Crippen LogP contribution in [0.3, 0.4) is 0 Å². The zero-order chi connectivity index (χ0) is 15.2. The highest BCUT2D eigenvalue weighted by Crippen LogP contribution is 2.13. The highest BCUT2D eigenvalue weighted by Gasteiger charge is 2.31. The number of alkyl carbamates (subject to hydrolysis) is 1. The van der Waals surface area contributed by atoms with Crippen LogP contribution in [0.5, 0.6) is 0 Å². The van der Waals surface area contributed by atoms with E-state index in [1.54, 1.807) is 20.8 Å². The van der Waals surface area contributed by atoms with Gasteiger partial charge in [0, 0.05) is 6.04 Å². The lowest BCUT2D eigenvalue weighted by molar-refractivity contribution is -0.00622. The van der Waals surface area contributed by atoms with Crippen molar-refractivity contribution in [3.05, 3.63) is 0 Å². The highest BCUT2D eigenvalue weighted by atomic mass is 19.3. The van der Waals surface area contributed by atoms with E-state index in [1.807, 2.05) is 0 Å². The molecule has 0 aromatic carbocycles. The first-order valence-electron chi connectivity index (χ1n) is 6.97. The van der Waals surface area contributed by atoms with Gasteiger partial charge in [0.1, 0.15) is 5.60 Å². The molecule has 0 saturated carbocycles. The molecule has 7 heteroatoms. The fourth-order valence-electron chi connectivity index (χ4n) is 1.90. The number of amides is 1. The van der Waals surface area contributed by atoms with Gasteiger partial charge in [-0.05, 0) is 46.7 Å². The van der Waals surface area contributed by atoms with E-state index in [0.29, 0.717) is 0 Å². The third kappa shape index (κ3) is 7.59. The molecule has 0 aliphatic carbocycles. The molecule has 5 nitrogen and oxygen atoms in total. The molecule has 1 heterocycles. The molecule has 1 rings (SSSR count). The molecular formula is C13H25F2N3O2. The summed E-state index contributed by atoms with van der Waals surface area (Å²) < 4.78 is 32.2. The van der Waals surface area contributed by atoms with Crippen molar-refractivity contribution >= 4 is 6.09 Å². The fraction of sp³-hybridized carbons (Fsp3) is 0.923. The molecule has 1 amide bonds. The second-order valence-corrected chi connectivity index (χ2v) is 6.12. The van der Waals surface area contributed by atoms with E-state index in [2.05, 4.69) is 16.0 Å². The van der Waals surface area contributed by atoms with Crippen LogP contribution in [0.1, 0.15) is 33.6 Å². The van der Waals surface area contributed by atoms with Crippen molar-refractivity contribution < 1.29 is 18.3 Å². The van der Waals surface area contributed by atoms with Crippen molar-refractivity contribution in [1.29, 1.82) is 0 Å². The predicted octanol–water partition coefficient (Wildman–Crippen LogP) is 1.49. The van der Waals surface area contributed by atoms with Crippen molar-refractivity contribution in [2.75, 3.05) is 26.2 Å². The number of hydrogen-bond donors (Lipinski definition) is 3. The van der Waals surface area contributed by atoms with E-state index in [1.165, 1.54) is 0 Å². The van der Waals surface area contributed by atoms with E-state index in [-0.39, 0.29) is 6.04 Å². The van der Waals surface area contributed by atoms with Gasteiger partial charge in [0.2, 0.25) is 0 Å². The standard InChI is InChI=1S/C13H25F2N3O2/c1-12(2,3)20-11(19)18-9-13(14,15)8-17-10-4-6-16-7-5-10/h10,16-17H,4-9H2,1-3H3,(H,18,19). The smallest absolute Gasteiger partial charge is 0.407 e. The number of piperidine rings is 1. The van der Waals surface area contributed by atoms with Gasteiger partial charge in [-0.2, -0.15) is 0 Å². The van der Waals surface area contributed by atoms with Gasteiger partial charge in [-0.3, -0.25) is 0 Å². The van der Waals surface area contributed by atoms with Crippen molar-refractivity contribution in [2.45, 2.75) is 51.2 Å². The molecule has 20 heavy (non-hydrogen) atoms. The zero-order valence-electron chi connectivity index (χ0n) is 12.4. The third-order valence-electron chi connectivity index (χ3n) is 2.88. The largest absolute Gasteiger partial charge is 0.444 e. The molecule has 0 radical (unpaired) electrons. The minimum Gasteiger partial charge on any atom is -0.444 e. The summed E-state index contributed by atoms with van der Waals surface area (Å²) in [5, 5.41) is 8.13. The van der Waals surface area contributed by atoms with Gasteiger partial charge in [-0.15, -0.1) is 0 Å².